The third-order valence-corrected chi connectivity index (χ3v) is 4.88. The van der Waals surface area contributed by atoms with Crippen LogP contribution in [0.4, 0.5) is 0 Å². The van der Waals surface area contributed by atoms with E-state index in [2.05, 4.69) is 0 Å². The highest BCUT2D eigenvalue weighted by atomic mass is 16.4. The van der Waals surface area contributed by atoms with Crippen molar-refractivity contribution in [2.24, 2.45) is 0 Å². The van der Waals surface area contributed by atoms with E-state index in [0.717, 1.165) is 12.1 Å². The van der Waals surface area contributed by atoms with E-state index in [4.69, 9.17) is 9.52 Å². The number of phenolic OH excluding ortho intramolecular Hbond substituents is 3. The quantitative estimate of drug-likeness (QED) is 0.303. The molecular formula is C24H16O8. The second-order valence-corrected chi connectivity index (χ2v) is 6.91. The summed E-state index contributed by atoms with van der Waals surface area (Å²) in [5.41, 5.74) is -0.281. The Morgan fingerprint density at radius 3 is 2.28 bits per heavy atom. The van der Waals surface area contributed by atoms with Crippen LogP contribution in [0.25, 0.3) is 39.5 Å². The van der Waals surface area contributed by atoms with Gasteiger partial charge in [0.1, 0.15) is 28.2 Å². The fourth-order valence-electron chi connectivity index (χ4n) is 3.42. The standard InChI is InChI=1S/C24H16O8/c25-14-8-5-13(6-9-14)24-23(31)22(30)20-17(32-24)11-16(26)19(21(20)29)15-4-2-1-3-12(15)7-10-18(27)28/h1-11,25-26,29,31H,(H,27,28)/b10-7+. The van der Waals surface area contributed by atoms with Gasteiger partial charge >= 0.3 is 5.97 Å². The Hall–Kier alpha value is -4.72. The Kier molecular flexibility index (Phi) is 5.04. The normalized spacial score (nSPS) is 11.2. The first-order valence-electron chi connectivity index (χ1n) is 9.32. The van der Waals surface area contributed by atoms with Gasteiger partial charge in [0.25, 0.3) is 0 Å². The van der Waals surface area contributed by atoms with Crippen molar-refractivity contribution in [3.05, 3.63) is 76.5 Å². The average molecular weight is 432 g/mol. The lowest BCUT2D eigenvalue weighted by Crippen LogP contribution is -2.04. The molecule has 32 heavy (non-hydrogen) atoms. The van der Waals surface area contributed by atoms with Gasteiger partial charge in [-0.05, 0) is 41.5 Å². The second kappa shape index (κ2) is 7.84. The topological polar surface area (TPSA) is 148 Å². The summed E-state index contributed by atoms with van der Waals surface area (Å²) in [7, 11) is 0. The largest absolute Gasteiger partial charge is 0.508 e. The molecular weight excluding hydrogens is 416 g/mol. The van der Waals surface area contributed by atoms with Crippen molar-refractivity contribution in [2.75, 3.05) is 0 Å². The molecule has 4 aromatic rings. The van der Waals surface area contributed by atoms with Crippen LogP contribution in [0.5, 0.6) is 23.0 Å². The molecule has 1 aromatic heterocycles. The van der Waals surface area contributed by atoms with Crippen LogP contribution in [0.15, 0.2) is 69.9 Å². The third-order valence-electron chi connectivity index (χ3n) is 4.88. The SMILES string of the molecule is O=C(O)/C=C/c1ccccc1-c1c(O)cc2oc(-c3ccc(O)cc3)c(O)c(=O)c2c1O. The number of phenols is 3. The maximum absolute atomic E-state index is 12.9. The predicted octanol–water partition coefficient (Wildman–Crippen LogP) is 4.05. The number of hydrogen-bond acceptors (Lipinski definition) is 7. The minimum absolute atomic E-state index is 0.0214. The van der Waals surface area contributed by atoms with Gasteiger partial charge in [0.2, 0.25) is 11.2 Å². The number of carboxylic acids is 1. The van der Waals surface area contributed by atoms with Gasteiger partial charge in [-0.15, -0.1) is 0 Å². The number of hydrogen-bond donors (Lipinski definition) is 5. The van der Waals surface area contributed by atoms with Crippen LogP contribution in [0, 0.1) is 0 Å². The molecule has 8 heteroatoms. The van der Waals surface area contributed by atoms with Crippen LogP contribution >= 0.6 is 0 Å². The van der Waals surface area contributed by atoms with Crippen LogP contribution in [0.2, 0.25) is 0 Å². The summed E-state index contributed by atoms with van der Waals surface area (Å²) in [6.45, 7) is 0. The number of benzene rings is 3. The summed E-state index contributed by atoms with van der Waals surface area (Å²) in [6, 6.07) is 13.1. The molecule has 3 aromatic carbocycles. The van der Waals surface area contributed by atoms with E-state index in [1.54, 1.807) is 18.2 Å². The highest BCUT2D eigenvalue weighted by Crippen LogP contribution is 2.45. The molecule has 0 radical (unpaired) electrons. The summed E-state index contributed by atoms with van der Waals surface area (Å²) in [5, 5.41) is 50.0. The molecule has 0 fully saturated rings. The van der Waals surface area contributed by atoms with Crippen LogP contribution in [-0.2, 0) is 4.79 Å². The zero-order valence-corrected chi connectivity index (χ0v) is 16.3. The molecule has 160 valence electrons. The zero-order chi connectivity index (χ0) is 23.0. The van der Waals surface area contributed by atoms with Crippen molar-refractivity contribution in [1.82, 2.24) is 0 Å². The van der Waals surface area contributed by atoms with E-state index in [1.807, 2.05) is 0 Å². The molecule has 0 saturated carbocycles. The first-order chi connectivity index (χ1) is 15.3. The van der Waals surface area contributed by atoms with Gasteiger partial charge in [-0.1, -0.05) is 24.3 Å². The fraction of sp³-hybridized carbons (Fsp3) is 0. The molecule has 0 saturated heterocycles. The van der Waals surface area contributed by atoms with E-state index in [1.165, 1.54) is 36.4 Å². The van der Waals surface area contributed by atoms with Crippen molar-refractivity contribution in [3.63, 3.8) is 0 Å². The van der Waals surface area contributed by atoms with Crippen LogP contribution in [0.3, 0.4) is 0 Å². The highest BCUT2D eigenvalue weighted by molar-refractivity contribution is 5.98. The van der Waals surface area contributed by atoms with Crippen molar-refractivity contribution in [1.29, 1.82) is 0 Å². The summed E-state index contributed by atoms with van der Waals surface area (Å²) in [6.07, 6.45) is 2.19. The van der Waals surface area contributed by atoms with Gasteiger partial charge in [-0.25, -0.2) is 4.79 Å². The first kappa shape index (κ1) is 20.5. The van der Waals surface area contributed by atoms with E-state index in [9.17, 15) is 30.0 Å². The van der Waals surface area contributed by atoms with E-state index < -0.39 is 28.6 Å². The number of rotatable bonds is 4. The molecule has 4 rings (SSSR count). The maximum atomic E-state index is 12.9. The second-order valence-electron chi connectivity index (χ2n) is 6.91. The number of aromatic hydroxyl groups is 4. The zero-order valence-electron chi connectivity index (χ0n) is 16.3. The molecule has 8 nitrogen and oxygen atoms in total. The van der Waals surface area contributed by atoms with Gasteiger partial charge in [-0.2, -0.15) is 0 Å². The first-order valence-corrected chi connectivity index (χ1v) is 9.32. The molecule has 0 atom stereocenters. The Labute approximate surface area is 180 Å². The smallest absolute Gasteiger partial charge is 0.328 e. The van der Waals surface area contributed by atoms with Gasteiger partial charge in [0.05, 0.1) is 5.56 Å². The molecule has 0 bridgehead atoms. The summed E-state index contributed by atoms with van der Waals surface area (Å²) >= 11 is 0. The van der Waals surface area contributed by atoms with Gasteiger partial charge in [0, 0.05) is 17.7 Å². The lowest BCUT2D eigenvalue weighted by atomic mass is 9.95. The maximum Gasteiger partial charge on any atom is 0.328 e. The number of fused-ring (bicyclic) bond motifs is 1. The summed E-state index contributed by atoms with van der Waals surface area (Å²) in [4.78, 5) is 23.8. The summed E-state index contributed by atoms with van der Waals surface area (Å²) in [5.74, 6) is -3.20. The van der Waals surface area contributed by atoms with Crippen LogP contribution in [-0.4, -0.2) is 31.5 Å². The molecule has 0 aliphatic heterocycles. The Bertz CT molecular complexity index is 1450. The predicted molar refractivity (Wildman–Crippen MR) is 117 cm³/mol. The lowest BCUT2D eigenvalue weighted by Gasteiger charge is -2.14. The third kappa shape index (κ3) is 3.50. The monoisotopic (exact) mass is 432 g/mol. The Morgan fingerprint density at radius 2 is 1.59 bits per heavy atom. The van der Waals surface area contributed by atoms with E-state index in [0.29, 0.717) is 11.1 Å². The Morgan fingerprint density at radius 1 is 0.906 bits per heavy atom. The number of carbonyl (C=O) groups is 1. The molecule has 0 aliphatic carbocycles. The van der Waals surface area contributed by atoms with E-state index in [-0.39, 0.29) is 33.6 Å². The van der Waals surface area contributed by atoms with Crippen LogP contribution in [0.1, 0.15) is 5.56 Å². The minimum Gasteiger partial charge on any atom is -0.508 e. The molecule has 0 unspecified atom stereocenters. The molecule has 0 amide bonds. The van der Waals surface area contributed by atoms with Crippen molar-refractivity contribution in [3.8, 4) is 45.4 Å². The number of aliphatic carboxylic acids is 1. The molecule has 0 spiro atoms. The molecule has 5 N–H and O–H groups in total. The number of carboxylic acid groups (broad SMARTS) is 1. The van der Waals surface area contributed by atoms with Crippen molar-refractivity contribution >= 4 is 23.0 Å². The highest BCUT2D eigenvalue weighted by Gasteiger charge is 2.23. The van der Waals surface area contributed by atoms with E-state index >= 15 is 0 Å². The van der Waals surface area contributed by atoms with Gasteiger partial charge in [0.15, 0.2) is 5.76 Å². The summed E-state index contributed by atoms with van der Waals surface area (Å²) < 4.78 is 5.62. The lowest BCUT2D eigenvalue weighted by molar-refractivity contribution is -0.131. The van der Waals surface area contributed by atoms with Gasteiger partial charge < -0.3 is 29.9 Å². The van der Waals surface area contributed by atoms with Crippen molar-refractivity contribution < 1.29 is 34.7 Å². The van der Waals surface area contributed by atoms with Gasteiger partial charge in [-0.3, -0.25) is 4.79 Å². The minimum atomic E-state index is -1.18. The molecule has 0 aliphatic rings. The van der Waals surface area contributed by atoms with Crippen molar-refractivity contribution in [2.45, 2.75) is 0 Å². The fourth-order valence-corrected chi connectivity index (χ4v) is 3.42. The Balaban J connectivity index is 1.99. The van der Waals surface area contributed by atoms with Crippen LogP contribution < -0.4 is 5.43 Å². The molecule has 1 heterocycles. The average Bonchev–Trinajstić information content (AvgIpc) is 2.76.